The summed E-state index contributed by atoms with van der Waals surface area (Å²) in [6.45, 7) is 3.14. The third-order valence-electron chi connectivity index (χ3n) is 3.23. The molecule has 0 radical (unpaired) electrons. The number of aliphatic hydroxyl groups is 1. The molecule has 2 heterocycles. The van der Waals surface area contributed by atoms with Gasteiger partial charge in [0.25, 0.3) is 5.91 Å². The van der Waals surface area contributed by atoms with Gasteiger partial charge >= 0.3 is 0 Å². The van der Waals surface area contributed by atoms with Gasteiger partial charge in [-0.2, -0.15) is 0 Å². The number of aryl methyl sites for hydroxylation is 1. The van der Waals surface area contributed by atoms with Crippen molar-refractivity contribution in [3.8, 4) is 0 Å². The minimum atomic E-state index is -0.343. The zero-order valence-corrected chi connectivity index (χ0v) is 9.63. The maximum Gasteiger partial charge on any atom is 0.272 e. The molecule has 1 N–H and O–H groups in total. The number of aliphatic hydroxyl groups excluding tert-OH is 1. The fraction of sp³-hybridized carbons (Fsp3) is 0.636. The molecule has 1 aromatic rings. The summed E-state index contributed by atoms with van der Waals surface area (Å²) in [6, 6.07) is 0. The van der Waals surface area contributed by atoms with Crippen LogP contribution in [0.25, 0.3) is 0 Å². The Morgan fingerprint density at radius 1 is 1.69 bits per heavy atom. The Labute approximate surface area is 94.7 Å². The number of carbonyl (C=O) groups excluding carboxylic acids is 1. The molecular formula is C11H17N3O2. The van der Waals surface area contributed by atoms with E-state index >= 15 is 0 Å². The average molecular weight is 223 g/mol. The largest absolute Gasteiger partial charge is 0.393 e. The molecule has 0 bridgehead atoms. The Bertz CT molecular complexity index is 386. The third kappa shape index (κ3) is 1.95. The van der Waals surface area contributed by atoms with Gasteiger partial charge in [-0.25, -0.2) is 4.98 Å². The van der Waals surface area contributed by atoms with E-state index in [0.29, 0.717) is 12.2 Å². The molecule has 88 valence electrons. The van der Waals surface area contributed by atoms with Crippen molar-refractivity contribution in [1.82, 2.24) is 14.5 Å². The van der Waals surface area contributed by atoms with Crippen molar-refractivity contribution < 1.29 is 9.90 Å². The van der Waals surface area contributed by atoms with Gasteiger partial charge in [-0.15, -0.1) is 0 Å². The van der Waals surface area contributed by atoms with E-state index in [-0.39, 0.29) is 17.9 Å². The summed E-state index contributed by atoms with van der Waals surface area (Å²) < 4.78 is 1.72. The summed E-state index contributed by atoms with van der Waals surface area (Å²) in [6.07, 6.45) is 3.73. The number of imidazole rings is 1. The molecule has 2 rings (SSSR count). The SMILES string of the molecule is CC(O)C1CCN(C(=O)c2cncn2C)C1. The van der Waals surface area contributed by atoms with Gasteiger partial charge in [0.15, 0.2) is 0 Å². The molecule has 1 aromatic heterocycles. The molecule has 2 atom stereocenters. The Hall–Kier alpha value is -1.36. The number of likely N-dealkylation sites (tertiary alicyclic amines) is 1. The van der Waals surface area contributed by atoms with E-state index in [1.165, 1.54) is 0 Å². The average Bonchev–Trinajstić information content (AvgIpc) is 2.84. The van der Waals surface area contributed by atoms with Gasteiger partial charge in [0.2, 0.25) is 0 Å². The number of rotatable bonds is 2. The van der Waals surface area contributed by atoms with E-state index in [4.69, 9.17) is 0 Å². The van der Waals surface area contributed by atoms with Crippen LogP contribution in [0.2, 0.25) is 0 Å². The molecule has 0 aliphatic carbocycles. The topological polar surface area (TPSA) is 58.4 Å². The van der Waals surface area contributed by atoms with Gasteiger partial charge in [0.1, 0.15) is 5.69 Å². The van der Waals surface area contributed by atoms with Crippen LogP contribution in [0.3, 0.4) is 0 Å². The fourth-order valence-corrected chi connectivity index (χ4v) is 2.09. The van der Waals surface area contributed by atoms with E-state index in [1.807, 2.05) is 7.05 Å². The summed E-state index contributed by atoms with van der Waals surface area (Å²) in [5, 5.41) is 9.48. The zero-order valence-electron chi connectivity index (χ0n) is 9.63. The van der Waals surface area contributed by atoms with E-state index in [1.54, 1.807) is 28.9 Å². The van der Waals surface area contributed by atoms with Crippen LogP contribution < -0.4 is 0 Å². The van der Waals surface area contributed by atoms with Gasteiger partial charge in [0.05, 0.1) is 18.6 Å². The van der Waals surface area contributed by atoms with E-state index < -0.39 is 0 Å². The van der Waals surface area contributed by atoms with Crippen molar-refractivity contribution in [2.75, 3.05) is 13.1 Å². The van der Waals surface area contributed by atoms with Gasteiger partial charge in [-0.1, -0.05) is 0 Å². The summed E-state index contributed by atoms with van der Waals surface area (Å²) in [5.41, 5.74) is 0.603. The Balaban J connectivity index is 2.05. The lowest BCUT2D eigenvalue weighted by Gasteiger charge is -2.17. The first-order chi connectivity index (χ1) is 7.59. The molecule has 0 spiro atoms. The normalized spacial score (nSPS) is 22.4. The van der Waals surface area contributed by atoms with Crippen LogP contribution in [0.1, 0.15) is 23.8 Å². The Morgan fingerprint density at radius 3 is 2.94 bits per heavy atom. The molecule has 5 heteroatoms. The number of hydrogen-bond donors (Lipinski definition) is 1. The van der Waals surface area contributed by atoms with Gasteiger partial charge in [-0.3, -0.25) is 4.79 Å². The molecule has 1 aliphatic rings. The van der Waals surface area contributed by atoms with Crippen molar-refractivity contribution >= 4 is 5.91 Å². The highest BCUT2D eigenvalue weighted by Gasteiger charge is 2.30. The third-order valence-corrected chi connectivity index (χ3v) is 3.23. The van der Waals surface area contributed by atoms with Crippen LogP contribution in [0.5, 0.6) is 0 Å². The van der Waals surface area contributed by atoms with E-state index in [2.05, 4.69) is 4.98 Å². The minimum absolute atomic E-state index is 0.00292. The van der Waals surface area contributed by atoms with Crippen LogP contribution in [-0.4, -0.2) is 44.7 Å². The van der Waals surface area contributed by atoms with Crippen molar-refractivity contribution in [3.05, 3.63) is 18.2 Å². The second-order valence-electron chi connectivity index (χ2n) is 4.43. The minimum Gasteiger partial charge on any atom is -0.393 e. The smallest absolute Gasteiger partial charge is 0.272 e. The predicted molar refractivity (Wildman–Crippen MR) is 58.9 cm³/mol. The van der Waals surface area contributed by atoms with Crippen molar-refractivity contribution in [2.24, 2.45) is 13.0 Å². The van der Waals surface area contributed by atoms with Crippen molar-refractivity contribution in [1.29, 1.82) is 0 Å². The Morgan fingerprint density at radius 2 is 2.44 bits per heavy atom. The molecule has 1 aliphatic heterocycles. The fourth-order valence-electron chi connectivity index (χ4n) is 2.09. The lowest BCUT2D eigenvalue weighted by Crippen LogP contribution is -2.31. The Kier molecular flexibility index (Phi) is 2.96. The number of carbonyl (C=O) groups is 1. The summed E-state index contributed by atoms with van der Waals surface area (Å²) in [5.74, 6) is 0.209. The maximum atomic E-state index is 12.1. The molecule has 2 unspecified atom stereocenters. The number of aromatic nitrogens is 2. The molecule has 1 saturated heterocycles. The molecule has 16 heavy (non-hydrogen) atoms. The van der Waals surface area contributed by atoms with Gasteiger partial charge in [-0.05, 0) is 13.3 Å². The highest BCUT2D eigenvalue weighted by Crippen LogP contribution is 2.21. The van der Waals surface area contributed by atoms with Crippen molar-refractivity contribution in [2.45, 2.75) is 19.4 Å². The lowest BCUT2D eigenvalue weighted by molar-refractivity contribution is 0.0753. The van der Waals surface area contributed by atoms with E-state index in [9.17, 15) is 9.90 Å². The lowest BCUT2D eigenvalue weighted by atomic mass is 10.0. The predicted octanol–water partition coefficient (Wildman–Crippen LogP) is 0.263. The second kappa shape index (κ2) is 4.25. The summed E-state index contributed by atoms with van der Waals surface area (Å²) in [4.78, 5) is 17.8. The van der Waals surface area contributed by atoms with Crippen LogP contribution in [-0.2, 0) is 7.05 Å². The number of hydrogen-bond acceptors (Lipinski definition) is 3. The highest BCUT2D eigenvalue weighted by molar-refractivity contribution is 5.92. The van der Waals surface area contributed by atoms with Gasteiger partial charge in [0, 0.05) is 26.1 Å². The maximum absolute atomic E-state index is 12.1. The van der Waals surface area contributed by atoms with Crippen LogP contribution in [0, 0.1) is 5.92 Å². The first-order valence-electron chi connectivity index (χ1n) is 5.53. The second-order valence-corrected chi connectivity index (χ2v) is 4.43. The van der Waals surface area contributed by atoms with Crippen molar-refractivity contribution in [3.63, 3.8) is 0 Å². The molecule has 0 aromatic carbocycles. The van der Waals surface area contributed by atoms with Gasteiger partial charge < -0.3 is 14.6 Å². The monoisotopic (exact) mass is 223 g/mol. The molecular weight excluding hydrogens is 206 g/mol. The van der Waals surface area contributed by atoms with E-state index in [0.717, 1.165) is 13.0 Å². The molecule has 1 amide bonds. The van der Waals surface area contributed by atoms with Crippen LogP contribution in [0.15, 0.2) is 12.5 Å². The summed E-state index contributed by atoms with van der Waals surface area (Å²) in [7, 11) is 1.81. The molecule has 0 saturated carbocycles. The first kappa shape index (κ1) is 11.1. The molecule has 5 nitrogen and oxygen atoms in total. The first-order valence-corrected chi connectivity index (χ1v) is 5.53. The van der Waals surface area contributed by atoms with Crippen LogP contribution >= 0.6 is 0 Å². The quantitative estimate of drug-likeness (QED) is 0.782. The standard InChI is InChI=1S/C11H17N3O2/c1-8(15)9-3-4-14(6-9)11(16)10-5-12-7-13(10)2/h5,7-9,15H,3-4,6H2,1-2H3. The molecule has 1 fully saturated rings. The number of amides is 1. The summed E-state index contributed by atoms with van der Waals surface area (Å²) >= 11 is 0. The highest BCUT2D eigenvalue weighted by atomic mass is 16.3. The number of nitrogens with zero attached hydrogens (tertiary/aromatic N) is 3. The van der Waals surface area contributed by atoms with Crippen LogP contribution in [0.4, 0.5) is 0 Å². The zero-order chi connectivity index (χ0) is 11.7.